The summed E-state index contributed by atoms with van der Waals surface area (Å²) in [7, 11) is 3.10. The molecule has 5 atom stereocenters. The highest BCUT2D eigenvalue weighted by molar-refractivity contribution is 8.78. The lowest BCUT2D eigenvalue weighted by molar-refractivity contribution is -0.155. The smallest absolute Gasteiger partial charge is 0.242 e. The average molecular weight is 323 g/mol. The summed E-state index contributed by atoms with van der Waals surface area (Å²) in [5.74, 6) is -0.0813. The topological polar surface area (TPSA) is 57.6 Å². The number of piperidine rings is 1. The van der Waals surface area contributed by atoms with Gasteiger partial charge in [0.2, 0.25) is 5.91 Å². The Balaban J connectivity index is 1.90. The lowest BCUT2D eigenvalue weighted by Crippen LogP contribution is -2.72. The molecular formula is C15H17NO3S2. The van der Waals surface area contributed by atoms with Crippen molar-refractivity contribution in [1.29, 1.82) is 0 Å². The van der Waals surface area contributed by atoms with Crippen LogP contribution in [0.4, 0.5) is 0 Å². The van der Waals surface area contributed by atoms with Crippen molar-refractivity contribution < 1.29 is 14.7 Å². The molecule has 0 aromatic rings. The molecule has 1 amide bonds. The number of aliphatic hydroxyl groups is 1. The van der Waals surface area contributed by atoms with Crippen molar-refractivity contribution in [3.63, 3.8) is 0 Å². The van der Waals surface area contributed by atoms with Crippen molar-refractivity contribution in [3.8, 4) is 0 Å². The number of nitrogens with zero attached hydrogens (tertiary/aromatic N) is 1. The van der Waals surface area contributed by atoms with E-state index >= 15 is 0 Å². The molecule has 4 aliphatic heterocycles. The third kappa shape index (κ3) is 1.39. The lowest BCUT2D eigenvalue weighted by atomic mass is 9.78. The first kappa shape index (κ1) is 13.9. The molecule has 5 aliphatic rings. The normalized spacial score (nSPS) is 47.5. The van der Waals surface area contributed by atoms with Gasteiger partial charge in [0.15, 0.2) is 10.7 Å². The van der Waals surface area contributed by atoms with E-state index in [0.29, 0.717) is 12.8 Å². The van der Waals surface area contributed by atoms with Crippen LogP contribution in [0.5, 0.6) is 0 Å². The summed E-state index contributed by atoms with van der Waals surface area (Å²) in [6.07, 6.45) is 5.95. The Hall–Kier alpha value is -0.720. The largest absolute Gasteiger partial charge is 0.387 e. The SMILES string of the molecule is CC[C@@]12SS[C@]3(CC4=CC=C[C@H](O)[C@H]4N3C1=O)C(=O)C2C. The number of ketones is 1. The monoisotopic (exact) mass is 323 g/mol. The number of aliphatic hydroxyl groups excluding tert-OH is 1. The van der Waals surface area contributed by atoms with Gasteiger partial charge < -0.3 is 10.0 Å². The minimum Gasteiger partial charge on any atom is -0.387 e. The second kappa shape index (κ2) is 4.18. The van der Waals surface area contributed by atoms with E-state index in [1.165, 1.54) is 10.8 Å². The summed E-state index contributed by atoms with van der Waals surface area (Å²) in [6, 6.07) is -0.363. The van der Waals surface area contributed by atoms with Crippen molar-refractivity contribution >= 4 is 33.3 Å². The molecule has 2 bridgehead atoms. The van der Waals surface area contributed by atoms with Gasteiger partial charge in [0, 0.05) is 12.3 Å². The average Bonchev–Trinajstić information content (AvgIpc) is 2.83. The van der Waals surface area contributed by atoms with E-state index in [9.17, 15) is 14.7 Å². The molecule has 6 heteroatoms. The van der Waals surface area contributed by atoms with Crippen LogP contribution in [-0.4, -0.2) is 43.5 Å². The van der Waals surface area contributed by atoms with Crippen LogP contribution < -0.4 is 0 Å². The van der Waals surface area contributed by atoms with Gasteiger partial charge in [0.25, 0.3) is 0 Å². The molecule has 0 aromatic heterocycles. The van der Waals surface area contributed by atoms with Gasteiger partial charge in [-0.2, -0.15) is 0 Å². The number of fused-ring (bicyclic) bond motifs is 3. The Morgan fingerprint density at radius 1 is 1.43 bits per heavy atom. The van der Waals surface area contributed by atoms with Crippen LogP contribution in [0, 0.1) is 5.92 Å². The van der Waals surface area contributed by atoms with Crippen LogP contribution in [0.25, 0.3) is 0 Å². The van der Waals surface area contributed by atoms with Crippen LogP contribution in [0.3, 0.4) is 0 Å². The number of carbonyl (C=O) groups is 2. The van der Waals surface area contributed by atoms with Crippen LogP contribution in [0.15, 0.2) is 23.8 Å². The Kier molecular flexibility index (Phi) is 2.77. The van der Waals surface area contributed by atoms with E-state index < -0.39 is 15.7 Å². The van der Waals surface area contributed by atoms with Gasteiger partial charge in [0.1, 0.15) is 4.75 Å². The van der Waals surface area contributed by atoms with Gasteiger partial charge in [-0.25, -0.2) is 0 Å². The summed E-state index contributed by atoms with van der Waals surface area (Å²) in [5, 5.41) is 10.3. The molecule has 1 unspecified atom stereocenters. The predicted molar refractivity (Wildman–Crippen MR) is 83.6 cm³/mol. The van der Waals surface area contributed by atoms with E-state index in [-0.39, 0.29) is 23.7 Å². The Labute approximate surface area is 131 Å². The maximum atomic E-state index is 13.1. The molecule has 1 N–H and O–H groups in total. The Morgan fingerprint density at radius 3 is 2.90 bits per heavy atom. The number of hydrogen-bond acceptors (Lipinski definition) is 5. The summed E-state index contributed by atoms with van der Waals surface area (Å²) < 4.78 is -0.667. The number of hydrogen-bond donors (Lipinski definition) is 1. The third-order valence-corrected chi connectivity index (χ3v) is 9.33. The van der Waals surface area contributed by atoms with E-state index in [1.54, 1.807) is 21.8 Å². The van der Waals surface area contributed by atoms with E-state index in [2.05, 4.69) is 0 Å². The van der Waals surface area contributed by atoms with E-state index in [4.69, 9.17) is 0 Å². The van der Waals surface area contributed by atoms with Crippen LogP contribution in [0.2, 0.25) is 0 Å². The fourth-order valence-corrected chi connectivity index (χ4v) is 8.21. The van der Waals surface area contributed by atoms with Crippen molar-refractivity contribution in [3.05, 3.63) is 23.8 Å². The minimum atomic E-state index is -0.804. The zero-order chi connectivity index (χ0) is 15.0. The lowest BCUT2D eigenvalue weighted by Gasteiger charge is -2.57. The fourth-order valence-electron chi connectivity index (χ4n) is 4.10. The molecule has 1 aliphatic carbocycles. The molecule has 0 radical (unpaired) electrons. The molecule has 5 rings (SSSR count). The highest BCUT2D eigenvalue weighted by Crippen LogP contribution is 2.67. The first-order chi connectivity index (χ1) is 9.98. The van der Waals surface area contributed by atoms with Gasteiger partial charge in [-0.1, -0.05) is 53.7 Å². The van der Waals surface area contributed by atoms with Gasteiger partial charge in [-0.15, -0.1) is 0 Å². The van der Waals surface area contributed by atoms with Crippen molar-refractivity contribution in [2.24, 2.45) is 5.92 Å². The minimum absolute atomic E-state index is 0.0311. The molecular weight excluding hydrogens is 306 g/mol. The van der Waals surface area contributed by atoms with Gasteiger partial charge in [0.05, 0.1) is 12.1 Å². The van der Waals surface area contributed by atoms with Gasteiger partial charge in [-0.3, -0.25) is 9.59 Å². The highest BCUT2D eigenvalue weighted by atomic mass is 33.1. The second-order valence-electron chi connectivity index (χ2n) is 6.19. The Morgan fingerprint density at radius 2 is 2.19 bits per heavy atom. The number of Topliss-reactive ketones (excluding diaryl/α,β-unsaturated/α-hetero) is 1. The van der Waals surface area contributed by atoms with Gasteiger partial charge in [-0.05, 0) is 12.0 Å². The number of allylic oxidation sites excluding steroid dienone is 2. The molecule has 21 heavy (non-hydrogen) atoms. The molecule has 4 nitrogen and oxygen atoms in total. The van der Waals surface area contributed by atoms with Crippen molar-refractivity contribution in [2.75, 3.05) is 0 Å². The van der Waals surface area contributed by atoms with Crippen molar-refractivity contribution in [2.45, 2.75) is 48.5 Å². The van der Waals surface area contributed by atoms with E-state index in [0.717, 1.165) is 5.57 Å². The molecule has 4 heterocycles. The number of rotatable bonds is 1. The fraction of sp³-hybridized carbons (Fsp3) is 0.600. The first-order valence-electron chi connectivity index (χ1n) is 7.28. The maximum absolute atomic E-state index is 13.1. The zero-order valence-corrected chi connectivity index (χ0v) is 13.5. The second-order valence-corrected chi connectivity index (χ2v) is 8.93. The van der Waals surface area contributed by atoms with Crippen LogP contribution >= 0.6 is 21.6 Å². The standard InChI is InChI=1S/C15H17NO3S2/c1-3-14-8(2)12(18)15(21-20-14)7-9-5-4-6-10(17)11(9)16(15)13(14)19/h4-6,8,10-11,17H,3,7H2,1-2H3/t8?,10-,11-,14-,15+/m0/s1. The molecule has 0 aromatic carbocycles. The quantitative estimate of drug-likeness (QED) is 0.747. The van der Waals surface area contributed by atoms with Crippen LogP contribution in [-0.2, 0) is 9.59 Å². The summed E-state index contributed by atoms with van der Waals surface area (Å²) in [6.45, 7) is 3.86. The maximum Gasteiger partial charge on any atom is 0.242 e. The molecule has 0 saturated carbocycles. The molecule has 4 saturated heterocycles. The molecule has 1 spiro atoms. The third-order valence-electron chi connectivity index (χ3n) is 5.35. The molecule has 4 fully saturated rings. The number of carbonyl (C=O) groups excluding carboxylic acids is 2. The zero-order valence-electron chi connectivity index (χ0n) is 11.9. The van der Waals surface area contributed by atoms with Crippen LogP contribution in [0.1, 0.15) is 26.7 Å². The number of amides is 1. The van der Waals surface area contributed by atoms with Gasteiger partial charge >= 0.3 is 0 Å². The highest BCUT2D eigenvalue weighted by Gasteiger charge is 2.72. The Bertz CT molecular complexity index is 616. The molecule has 112 valence electrons. The first-order valence-corrected chi connectivity index (χ1v) is 9.43. The van der Waals surface area contributed by atoms with Crippen molar-refractivity contribution in [1.82, 2.24) is 4.90 Å². The predicted octanol–water partition coefficient (Wildman–Crippen LogP) is 1.90. The van der Waals surface area contributed by atoms with E-state index in [1.807, 2.05) is 26.0 Å². The summed E-state index contributed by atoms with van der Waals surface area (Å²) >= 11 is 0. The summed E-state index contributed by atoms with van der Waals surface area (Å²) in [4.78, 5) is 27.0. The summed E-state index contributed by atoms with van der Waals surface area (Å²) in [5.41, 5.74) is 1.00.